The van der Waals surface area contributed by atoms with E-state index in [9.17, 15) is 0 Å². The molecule has 5 nitrogen and oxygen atoms in total. The monoisotopic (exact) mass is 491 g/mol. The molecule has 0 aliphatic heterocycles. The number of aromatic nitrogens is 1. The summed E-state index contributed by atoms with van der Waals surface area (Å²) in [5, 5.41) is 9.46. The van der Waals surface area contributed by atoms with E-state index in [1.165, 1.54) is 48.4 Å². The molecule has 1 heterocycles. The number of benzene rings is 1. The number of aryl methyl sites for hydroxylation is 1. The molecule has 5 atom stereocenters. The second-order valence-corrected chi connectivity index (χ2v) is 12.4. The molecule has 0 spiro atoms. The molecule has 0 unspecified atom stereocenters. The van der Waals surface area contributed by atoms with E-state index < -0.39 is 0 Å². The Balaban J connectivity index is 1.29. The standard InChI is InChI=1S/C27H33N5S2/c1-26-15-13-21-23(34-25(30-21)29-16-6-4-3-5-7-16)20(26)9-8-17-18-10-11-22(31-32-24(28)33)27(18,2)14-12-19(17)26/h3-7,9,17-19H,8,10-15H2,1-2H3,(H,29,30)(H3,28,32,33)/b31-22+/t17-,18-,19-,26+,27-/m0/s1. The number of nitrogens with one attached hydrogen (secondary N) is 2. The van der Waals surface area contributed by atoms with Gasteiger partial charge in [0.25, 0.3) is 0 Å². The van der Waals surface area contributed by atoms with Crippen molar-refractivity contribution in [1.29, 1.82) is 0 Å². The van der Waals surface area contributed by atoms with Gasteiger partial charge in [-0.3, -0.25) is 5.43 Å². The molecule has 2 aromatic rings. The van der Waals surface area contributed by atoms with Crippen LogP contribution in [-0.4, -0.2) is 15.8 Å². The molecule has 1 aromatic heterocycles. The number of para-hydroxylation sites is 1. The van der Waals surface area contributed by atoms with E-state index in [-0.39, 0.29) is 15.9 Å². The highest BCUT2D eigenvalue weighted by atomic mass is 32.1. The van der Waals surface area contributed by atoms with Crippen molar-refractivity contribution in [3.05, 3.63) is 47.0 Å². The average molecular weight is 492 g/mol. The number of hydrogen-bond donors (Lipinski definition) is 3. The molecular formula is C27H33N5S2. The Bertz CT molecular complexity index is 1180. The molecule has 0 saturated heterocycles. The zero-order chi connectivity index (χ0) is 23.5. The Kier molecular flexibility index (Phi) is 5.34. The van der Waals surface area contributed by atoms with Crippen LogP contribution in [0.25, 0.3) is 5.57 Å². The Morgan fingerprint density at radius 3 is 2.71 bits per heavy atom. The topological polar surface area (TPSA) is 75.3 Å². The molecule has 34 heavy (non-hydrogen) atoms. The van der Waals surface area contributed by atoms with Crippen LogP contribution < -0.4 is 16.5 Å². The summed E-state index contributed by atoms with van der Waals surface area (Å²) in [4.78, 5) is 6.43. The lowest BCUT2D eigenvalue weighted by molar-refractivity contribution is 0.0116. The minimum absolute atomic E-state index is 0.164. The molecule has 7 heteroatoms. The largest absolute Gasteiger partial charge is 0.375 e. The van der Waals surface area contributed by atoms with Crippen molar-refractivity contribution in [2.75, 3.05) is 5.32 Å². The molecule has 4 N–H and O–H groups in total. The van der Waals surface area contributed by atoms with Crippen molar-refractivity contribution < 1.29 is 0 Å². The first kappa shape index (κ1) is 22.2. The van der Waals surface area contributed by atoms with Gasteiger partial charge >= 0.3 is 0 Å². The van der Waals surface area contributed by atoms with Crippen LogP contribution in [0.5, 0.6) is 0 Å². The Hall–Kier alpha value is -2.25. The third-order valence-corrected chi connectivity index (χ3v) is 10.5. The molecule has 1 aromatic carbocycles. The molecule has 4 aliphatic rings. The molecule has 0 bridgehead atoms. The average Bonchev–Trinajstić information content (AvgIpc) is 3.38. The number of rotatable bonds is 3. The lowest BCUT2D eigenvalue weighted by Gasteiger charge is -2.56. The minimum Gasteiger partial charge on any atom is -0.375 e. The second kappa shape index (κ2) is 8.16. The molecule has 0 radical (unpaired) electrons. The zero-order valence-electron chi connectivity index (χ0n) is 19.9. The van der Waals surface area contributed by atoms with Crippen molar-refractivity contribution in [2.45, 2.75) is 58.8 Å². The van der Waals surface area contributed by atoms with E-state index in [0.29, 0.717) is 5.92 Å². The van der Waals surface area contributed by atoms with Crippen molar-refractivity contribution >= 4 is 50.8 Å². The van der Waals surface area contributed by atoms with E-state index in [2.05, 4.69) is 60.0 Å². The van der Waals surface area contributed by atoms with Crippen LogP contribution in [0.3, 0.4) is 0 Å². The highest BCUT2D eigenvalue weighted by Gasteiger charge is 2.58. The molecular weight excluding hydrogens is 458 g/mol. The molecule has 6 rings (SSSR count). The Morgan fingerprint density at radius 2 is 1.91 bits per heavy atom. The summed E-state index contributed by atoms with van der Waals surface area (Å²) >= 11 is 6.84. The van der Waals surface area contributed by atoms with Crippen LogP contribution in [0, 0.1) is 28.6 Å². The number of thiocarbonyl (C=S) groups is 1. The van der Waals surface area contributed by atoms with E-state index in [0.717, 1.165) is 35.5 Å². The van der Waals surface area contributed by atoms with Crippen LogP contribution in [0.15, 0.2) is 41.5 Å². The van der Waals surface area contributed by atoms with Gasteiger partial charge in [0.2, 0.25) is 0 Å². The number of allylic oxidation sites excluding steroid dienone is 2. The van der Waals surface area contributed by atoms with Crippen LogP contribution in [0.1, 0.15) is 62.9 Å². The van der Waals surface area contributed by atoms with Gasteiger partial charge in [-0.1, -0.05) is 49.5 Å². The van der Waals surface area contributed by atoms with Crippen molar-refractivity contribution in [1.82, 2.24) is 10.4 Å². The molecule has 178 valence electrons. The predicted octanol–water partition coefficient (Wildman–Crippen LogP) is 6.26. The lowest BCUT2D eigenvalue weighted by atomic mass is 9.48. The van der Waals surface area contributed by atoms with Gasteiger partial charge in [0.15, 0.2) is 10.2 Å². The van der Waals surface area contributed by atoms with E-state index in [1.807, 2.05) is 17.4 Å². The summed E-state index contributed by atoms with van der Waals surface area (Å²) in [7, 11) is 0. The van der Waals surface area contributed by atoms with Crippen LogP contribution >= 0.6 is 23.6 Å². The number of anilines is 2. The van der Waals surface area contributed by atoms with E-state index in [4.69, 9.17) is 22.9 Å². The summed E-state index contributed by atoms with van der Waals surface area (Å²) in [5.41, 5.74) is 14.2. The zero-order valence-corrected chi connectivity index (χ0v) is 21.6. The number of nitrogens with zero attached hydrogens (tertiary/aromatic N) is 2. The third kappa shape index (κ3) is 3.42. The first-order valence-corrected chi connectivity index (χ1v) is 13.8. The summed E-state index contributed by atoms with van der Waals surface area (Å²) < 4.78 is 0. The van der Waals surface area contributed by atoms with Gasteiger partial charge in [0, 0.05) is 16.8 Å². The number of hydrogen-bond acceptors (Lipinski definition) is 5. The molecule has 0 amide bonds. The summed E-state index contributed by atoms with van der Waals surface area (Å²) in [6.45, 7) is 4.98. The van der Waals surface area contributed by atoms with Crippen molar-refractivity contribution in [3.8, 4) is 0 Å². The molecule has 2 saturated carbocycles. The fraction of sp³-hybridized carbons (Fsp3) is 0.519. The summed E-state index contributed by atoms with van der Waals surface area (Å²) in [5.74, 6) is 2.14. The summed E-state index contributed by atoms with van der Waals surface area (Å²) in [6.07, 6.45) is 10.8. The van der Waals surface area contributed by atoms with Gasteiger partial charge in [-0.05, 0) is 98.0 Å². The molecule has 4 aliphatic carbocycles. The smallest absolute Gasteiger partial charge is 0.187 e. The van der Waals surface area contributed by atoms with Crippen LogP contribution in [-0.2, 0) is 6.42 Å². The maximum absolute atomic E-state index is 5.66. The van der Waals surface area contributed by atoms with Gasteiger partial charge < -0.3 is 11.1 Å². The first-order valence-electron chi connectivity index (χ1n) is 12.5. The number of nitrogens with two attached hydrogens (primary N) is 1. The fourth-order valence-corrected chi connectivity index (χ4v) is 8.92. The van der Waals surface area contributed by atoms with Gasteiger partial charge in [0.1, 0.15) is 0 Å². The quantitative estimate of drug-likeness (QED) is 0.349. The second-order valence-electron chi connectivity index (χ2n) is 11.0. The van der Waals surface area contributed by atoms with Gasteiger partial charge in [-0.15, -0.1) is 0 Å². The lowest BCUT2D eigenvalue weighted by Crippen LogP contribution is -2.49. The maximum atomic E-state index is 5.66. The van der Waals surface area contributed by atoms with Crippen LogP contribution in [0.4, 0.5) is 10.8 Å². The van der Waals surface area contributed by atoms with Crippen molar-refractivity contribution in [2.24, 2.45) is 39.4 Å². The normalized spacial score (nSPS) is 34.9. The summed E-state index contributed by atoms with van der Waals surface area (Å²) in [6, 6.07) is 10.4. The van der Waals surface area contributed by atoms with Gasteiger partial charge in [-0.2, -0.15) is 5.10 Å². The SMILES string of the molecule is C[C@]12CCc3nc(Nc4ccccc4)sc3C1=CC[C@@H]1[C@@H]2CC[C@]2(C)/C(=N/NC(N)=S)CC[C@@H]12. The Morgan fingerprint density at radius 1 is 1.12 bits per heavy atom. The third-order valence-electron chi connectivity index (χ3n) is 9.36. The first-order chi connectivity index (χ1) is 16.4. The number of thiazole rings is 1. The minimum atomic E-state index is 0.164. The highest BCUT2D eigenvalue weighted by molar-refractivity contribution is 7.80. The van der Waals surface area contributed by atoms with Crippen LogP contribution in [0.2, 0.25) is 0 Å². The number of fused-ring (bicyclic) bond motifs is 7. The fourth-order valence-electron chi connectivity index (χ4n) is 7.67. The Labute approximate surface area is 211 Å². The van der Waals surface area contributed by atoms with E-state index >= 15 is 0 Å². The maximum Gasteiger partial charge on any atom is 0.187 e. The number of hydrazone groups is 1. The van der Waals surface area contributed by atoms with E-state index in [1.54, 1.807) is 5.57 Å². The highest BCUT2D eigenvalue weighted by Crippen LogP contribution is 2.65. The van der Waals surface area contributed by atoms with Crippen molar-refractivity contribution in [3.63, 3.8) is 0 Å². The van der Waals surface area contributed by atoms with Gasteiger partial charge in [-0.25, -0.2) is 4.98 Å². The predicted molar refractivity (Wildman–Crippen MR) is 145 cm³/mol. The molecule has 2 fully saturated rings. The van der Waals surface area contributed by atoms with Gasteiger partial charge in [0.05, 0.1) is 10.6 Å².